The maximum Gasteiger partial charge on any atom is 0.522 e. The molecule has 3 aliphatic rings. The molecule has 4 amide bonds. The van der Waals surface area contributed by atoms with E-state index in [4.69, 9.17) is 0 Å². The molecule has 13 heteroatoms. The quantitative estimate of drug-likeness (QED) is 0.430. The van der Waals surface area contributed by atoms with Gasteiger partial charge in [0, 0.05) is 24.5 Å². The first-order valence-electron chi connectivity index (χ1n) is 11.5. The van der Waals surface area contributed by atoms with Crippen LogP contribution in [0.4, 0.5) is 13.2 Å². The van der Waals surface area contributed by atoms with Crippen LogP contribution in [0, 0.1) is 11.3 Å². The van der Waals surface area contributed by atoms with Crippen molar-refractivity contribution in [2.24, 2.45) is 11.3 Å². The van der Waals surface area contributed by atoms with E-state index in [0.29, 0.717) is 13.0 Å². The number of hydrogen-bond acceptors (Lipinski definition) is 6. The maximum atomic E-state index is 13.2. The molecule has 0 aromatic heterocycles. The number of Topliss-reactive ketones (excluding diaryl/α,β-unsaturated/α-hetero) is 1. The van der Waals surface area contributed by atoms with Gasteiger partial charge in [-0.15, -0.1) is 13.2 Å². The predicted octanol–water partition coefficient (Wildman–Crippen LogP) is 0.399. The molecule has 35 heavy (non-hydrogen) atoms. The molecule has 196 valence electrons. The minimum absolute atomic E-state index is 0.197. The van der Waals surface area contributed by atoms with Gasteiger partial charge in [0.2, 0.25) is 11.8 Å². The minimum Gasteiger partial charge on any atom is -0.356 e. The molecule has 1 unspecified atom stereocenters. The second-order valence-corrected chi connectivity index (χ2v) is 10.6. The Kier molecular flexibility index (Phi) is 7.49. The fourth-order valence-corrected chi connectivity index (χ4v) is 4.51. The summed E-state index contributed by atoms with van der Waals surface area (Å²) in [6.45, 7) is 4.33. The Balaban J connectivity index is 1.74. The van der Waals surface area contributed by atoms with Gasteiger partial charge in [-0.3, -0.25) is 28.7 Å². The van der Waals surface area contributed by atoms with Gasteiger partial charge >= 0.3 is 18.2 Å². The van der Waals surface area contributed by atoms with Crippen molar-refractivity contribution >= 4 is 29.4 Å². The van der Waals surface area contributed by atoms with E-state index in [1.165, 1.54) is 4.90 Å². The first-order chi connectivity index (χ1) is 16.1. The van der Waals surface area contributed by atoms with E-state index < -0.39 is 60.0 Å². The van der Waals surface area contributed by atoms with Crippen LogP contribution in [0.2, 0.25) is 0 Å². The van der Waals surface area contributed by atoms with E-state index in [1.807, 2.05) is 0 Å². The van der Waals surface area contributed by atoms with Gasteiger partial charge in [-0.1, -0.05) is 0 Å². The SMILES string of the molecule is CC(C)(C)NC(=O)C(=O)N1CC2(CC2)C[C@H]1C(=O)NC(C[C@@H]1CCNC1=O)C(=O)COC(F)(F)F. The minimum atomic E-state index is -5.04. The van der Waals surface area contributed by atoms with Gasteiger partial charge in [-0.2, -0.15) is 0 Å². The Morgan fingerprint density at radius 1 is 1.20 bits per heavy atom. The number of carbonyl (C=O) groups is 5. The monoisotopic (exact) mass is 504 g/mol. The standard InChI is InChI=1S/C22H31F3N4O6/c1-20(2,3)28-18(33)19(34)29-11-21(5-6-21)9-14(29)17(32)27-13(8-12-4-7-26-16(12)31)15(30)10-35-22(23,24)25/h12-14H,4-11H2,1-3H3,(H,26,31)(H,27,32)(H,28,33)/t12-,13?,14-/m0/s1. The number of hydrogen-bond donors (Lipinski definition) is 3. The van der Waals surface area contributed by atoms with Gasteiger partial charge in [-0.05, 0) is 58.3 Å². The average Bonchev–Trinajstić information content (AvgIpc) is 3.19. The van der Waals surface area contributed by atoms with Gasteiger partial charge in [-0.25, -0.2) is 0 Å². The summed E-state index contributed by atoms with van der Waals surface area (Å²) in [7, 11) is 0. The third-order valence-corrected chi connectivity index (χ3v) is 6.48. The molecule has 0 bridgehead atoms. The number of nitrogens with zero attached hydrogens (tertiary/aromatic N) is 1. The highest BCUT2D eigenvalue weighted by Crippen LogP contribution is 2.54. The zero-order valence-corrected chi connectivity index (χ0v) is 19.9. The number of likely N-dealkylation sites (tertiary alicyclic amines) is 1. The fraction of sp³-hybridized carbons (Fsp3) is 0.773. The summed E-state index contributed by atoms with van der Waals surface area (Å²) < 4.78 is 41.0. The van der Waals surface area contributed by atoms with E-state index in [0.717, 1.165) is 12.8 Å². The van der Waals surface area contributed by atoms with Crippen molar-refractivity contribution in [3.05, 3.63) is 0 Å². The fourth-order valence-electron chi connectivity index (χ4n) is 4.51. The Morgan fingerprint density at radius 2 is 1.86 bits per heavy atom. The van der Waals surface area contributed by atoms with Crippen LogP contribution in [-0.2, 0) is 28.7 Å². The summed E-state index contributed by atoms with van der Waals surface area (Å²) in [5, 5.41) is 7.58. The second-order valence-electron chi connectivity index (χ2n) is 10.6. The van der Waals surface area contributed by atoms with Crippen molar-refractivity contribution in [1.82, 2.24) is 20.9 Å². The molecule has 1 aliphatic carbocycles. The highest BCUT2D eigenvalue weighted by molar-refractivity contribution is 6.35. The highest BCUT2D eigenvalue weighted by atomic mass is 19.4. The van der Waals surface area contributed by atoms with Crippen molar-refractivity contribution in [3.8, 4) is 0 Å². The summed E-state index contributed by atoms with van der Waals surface area (Å²) in [6.07, 6.45) is -3.06. The van der Waals surface area contributed by atoms with Crippen LogP contribution in [0.1, 0.15) is 52.9 Å². The Morgan fingerprint density at radius 3 is 2.37 bits per heavy atom. The predicted molar refractivity (Wildman–Crippen MR) is 114 cm³/mol. The van der Waals surface area contributed by atoms with Crippen LogP contribution in [0.25, 0.3) is 0 Å². The average molecular weight is 505 g/mol. The van der Waals surface area contributed by atoms with Gasteiger partial charge in [0.05, 0.1) is 6.04 Å². The zero-order chi connectivity index (χ0) is 26.2. The second kappa shape index (κ2) is 9.75. The third kappa shape index (κ3) is 7.15. The van der Waals surface area contributed by atoms with E-state index >= 15 is 0 Å². The van der Waals surface area contributed by atoms with Crippen molar-refractivity contribution in [1.29, 1.82) is 0 Å². The first kappa shape index (κ1) is 26.9. The van der Waals surface area contributed by atoms with Crippen LogP contribution in [0.5, 0.6) is 0 Å². The van der Waals surface area contributed by atoms with Crippen molar-refractivity contribution in [3.63, 3.8) is 0 Å². The largest absolute Gasteiger partial charge is 0.522 e. The van der Waals surface area contributed by atoms with Crippen LogP contribution >= 0.6 is 0 Å². The number of ketones is 1. The number of carbonyl (C=O) groups excluding carboxylic acids is 5. The van der Waals surface area contributed by atoms with Crippen molar-refractivity contribution < 1.29 is 41.9 Å². The van der Waals surface area contributed by atoms with Gasteiger partial charge < -0.3 is 20.9 Å². The lowest BCUT2D eigenvalue weighted by molar-refractivity contribution is -0.321. The molecule has 2 heterocycles. The van der Waals surface area contributed by atoms with E-state index in [1.54, 1.807) is 20.8 Å². The molecule has 2 saturated heterocycles. The van der Waals surface area contributed by atoms with Crippen LogP contribution in [0.3, 0.4) is 0 Å². The Hall–Kier alpha value is -2.70. The summed E-state index contributed by atoms with van der Waals surface area (Å²) in [5.41, 5.74) is -0.969. The number of halogens is 3. The molecule has 1 saturated carbocycles. The Bertz CT molecular complexity index is 897. The summed E-state index contributed by atoms with van der Waals surface area (Å²) in [6, 6.07) is -2.48. The highest BCUT2D eigenvalue weighted by Gasteiger charge is 2.56. The first-order valence-corrected chi connectivity index (χ1v) is 11.5. The Labute approximate surface area is 200 Å². The topological polar surface area (TPSA) is 134 Å². The molecule has 10 nitrogen and oxygen atoms in total. The normalized spacial score (nSPS) is 24.2. The molecular weight excluding hydrogens is 473 g/mol. The van der Waals surface area contributed by atoms with Crippen LogP contribution < -0.4 is 16.0 Å². The summed E-state index contributed by atoms with van der Waals surface area (Å²) in [4.78, 5) is 64.2. The van der Waals surface area contributed by atoms with Crippen LogP contribution in [-0.4, -0.2) is 78.0 Å². The molecule has 0 aromatic rings. The number of nitrogens with one attached hydrogen (secondary N) is 3. The maximum absolute atomic E-state index is 13.2. The van der Waals surface area contributed by atoms with Crippen LogP contribution in [0.15, 0.2) is 0 Å². The molecule has 3 fully saturated rings. The number of alkyl halides is 3. The number of ether oxygens (including phenoxy) is 1. The molecule has 3 N–H and O–H groups in total. The lowest BCUT2D eigenvalue weighted by Crippen LogP contribution is -2.55. The molecule has 3 rings (SSSR count). The molecule has 2 aliphatic heterocycles. The molecule has 1 spiro atoms. The smallest absolute Gasteiger partial charge is 0.356 e. The van der Waals surface area contributed by atoms with Gasteiger partial charge in [0.15, 0.2) is 5.78 Å². The number of amides is 4. The van der Waals surface area contributed by atoms with Gasteiger partial charge in [0.25, 0.3) is 0 Å². The zero-order valence-electron chi connectivity index (χ0n) is 19.9. The molecule has 0 radical (unpaired) electrons. The number of rotatable bonds is 7. The molecule has 3 atom stereocenters. The third-order valence-electron chi connectivity index (χ3n) is 6.48. The lowest BCUT2D eigenvalue weighted by atomic mass is 9.95. The molecular formula is C22H31F3N4O6. The van der Waals surface area contributed by atoms with E-state index in [-0.39, 0.29) is 30.7 Å². The lowest BCUT2D eigenvalue weighted by Gasteiger charge is -2.28. The van der Waals surface area contributed by atoms with E-state index in [9.17, 15) is 37.1 Å². The summed E-state index contributed by atoms with van der Waals surface area (Å²) in [5.74, 6) is -4.58. The van der Waals surface area contributed by atoms with E-state index in [2.05, 4.69) is 20.7 Å². The van der Waals surface area contributed by atoms with Crippen molar-refractivity contribution in [2.75, 3.05) is 19.7 Å². The van der Waals surface area contributed by atoms with Gasteiger partial charge in [0.1, 0.15) is 12.6 Å². The summed E-state index contributed by atoms with van der Waals surface area (Å²) >= 11 is 0. The van der Waals surface area contributed by atoms with Crippen molar-refractivity contribution in [2.45, 2.75) is 76.9 Å². The molecule has 0 aromatic carbocycles.